The molecule has 1 aliphatic heterocycles. The van der Waals surface area contributed by atoms with Crippen molar-refractivity contribution in [3.8, 4) is 0 Å². The molecule has 0 aliphatic carbocycles. The van der Waals surface area contributed by atoms with Crippen molar-refractivity contribution in [2.45, 2.75) is 53.4 Å². The lowest BCUT2D eigenvalue weighted by Crippen LogP contribution is -2.22. The van der Waals surface area contributed by atoms with Gasteiger partial charge in [-0.3, -0.25) is 0 Å². The number of rotatable bonds is 1. The van der Waals surface area contributed by atoms with Gasteiger partial charge in [-0.05, 0) is 43.5 Å². The van der Waals surface area contributed by atoms with Gasteiger partial charge in [0.15, 0.2) is 0 Å². The quantitative estimate of drug-likeness (QED) is 0.693. The third-order valence-electron chi connectivity index (χ3n) is 3.91. The van der Waals surface area contributed by atoms with E-state index in [2.05, 4.69) is 63.9 Å². The van der Waals surface area contributed by atoms with E-state index in [0.717, 1.165) is 12.1 Å². The highest BCUT2D eigenvalue weighted by Crippen LogP contribution is 2.42. The Balaban J connectivity index is 0.000000861. The third kappa shape index (κ3) is 2.91. The second-order valence-corrected chi connectivity index (χ2v) is 5.21. The molecule has 0 fully saturated rings. The van der Waals surface area contributed by atoms with Crippen LogP contribution in [0.15, 0.2) is 42.1 Å². The zero-order valence-corrected chi connectivity index (χ0v) is 13.2. The predicted molar refractivity (Wildman–Crippen MR) is 86.7 cm³/mol. The summed E-state index contributed by atoms with van der Waals surface area (Å²) in [4.78, 5) is 0. The van der Waals surface area contributed by atoms with Crippen molar-refractivity contribution in [2.24, 2.45) is 0 Å². The van der Waals surface area contributed by atoms with Crippen molar-refractivity contribution in [3.63, 3.8) is 0 Å². The molecule has 1 unspecified atom stereocenters. The average Bonchev–Trinajstić information content (AvgIpc) is 2.49. The Labute approximate surface area is 118 Å². The van der Waals surface area contributed by atoms with Gasteiger partial charge in [0.05, 0.1) is 0 Å². The molecule has 104 valence electrons. The fourth-order valence-electron chi connectivity index (χ4n) is 2.48. The fourth-order valence-corrected chi connectivity index (χ4v) is 2.48. The number of benzene rings is 1. The lowest BCUT2D eigenvalue weighted by atomic mass is 9.73. The fraction of sp³-hybridized carbons (Fsp3) is 0.444. The van der Waals surface area contributed by atoms with E-state index >= 15 is 0 Å². The predicted octanol–water partition coefficient (Wildman–Crippen LogP) is 5.57. The summed E-state index contributed by atoms with van der Waals surface area (Å²) in [6.45, 7) is 17.0. The molecule has 0 saturated heterocycles. The molecule has 1 N–H and O–H groups in total. The number of hydrogen-bond donors (Lipinski definition) is 1. The van der Waals surface area contributed by atoms with Crippen LogP contribution in [-0.2, 0) is 5.41 Å². The van der Waals surface area contributed by atoms with Gasteiger partial charge in [0.1, 0.15) is 0 Å². The minimum absolute atomic E-state index is 0.0338. The van der Waals surface area contributed by atoms with Gasteiger partial charge < -0.3 is 5.32 Å². The highest BCUT2D eigenvalue weighted by atomic mass is 14.9. The van der Waals surface area contributed by atoms with Crippen LogP contribution in [0.4, 0.5) is 5.69 Å². The van der Waals surface area contributed by atoms with Crippen LogP contribution in [0.1, 0.15) is 52.2 Å². The van der Waals surface area contributed by atoms with Gasteiger partial charge in [-0.2, -0.15) is 0 Å². The maximum absolute atomic E-state index is 4.26. The molecule has 0 amide bonds. The smallest absolute Gasteiger partial charge is 0.0423 e. The topological polar surface area (TPSA) is 12.0 Å². The first-order valence-corrected chi connectivity index (χ1v) is 7.23. The molecule has 1 atom stereocenters. The molecular weight excluding hydrogens is 230 g/mol. The van der Waals surface area contributed by atoms with Gasteiger partial charge in [0.2, 0.25) is 0 Å². The van der Waals surface area contributed by atoms with Crippen molar-refractivity contribution in [2.75, 3.05) is 5.32 Å². The molecule has 0 spiro atoms. The molecule has 1 aromatic rings. The van der Waals surface area contributed by atoms with Crippen LogP contribution in [0.5, 0.6) is 0 Å². The Morgan fingerprint density at radius 1 is 1.21 bits per heavy atom. The van der Waals surface area contributed by atoms with E-state index in [1.807, 2.05) is 13.8 Å². The Kier molecular flexibility index (Phi) is 4.99. The Morgan fingerprint density at radius 2 is 1.84 bits per heavy atom. The molecule has 19 heavy (non-hydrogen) atoms. The summed E-state index contributed by atoms with van der Waals surface area (Å²) in [7, 11) is 0. The summed E-state index contributed by atoms with van der Waals surface area (Å²) in [5, 5.41) is 3.47. The van der Waals surface area contributed by atoms with Crippen LogP contribution in [0, 0.1) is 6.92 Å². The highest BCUT2D eigenvalue weighted by molar-refractivity contribution is 5.64. The monoisotopic (exact) mass is 257 g/mol. The average molecular weight is 257 g/mol. The van der Waals surface area contributed by atoms with Crippen LogP contribution < -0.4 is 5.32 Å². The van der Waals surface area contributed by atoms with E-state index in [1.54, 1.807) is 0 Å². The number of nitrogens with one attached hydrogen (secondary N) is 1. The third-order valence-corrected chi connectivity index (χ3v) is 3.91. The van der Waals surface area contributed by atoms with Gasteiger partial charge in [-0.25, -0.2) is 0 Å². The molecule has 0 aromatic heterocycles. The number of fused-ring (bicyclic) bond motifs is 1. The van der Waals surface area contributed by atoms with Crippen LogP contribution in [-0.4, -0.2) is 0 Å². The minimum atomic E-state index is 0.0338. The molecule has 1 heterocycles. The molecule has 1 aliphatic rings. The molecule has 2 rings (SSSR count). The van der Waals surface area contributed by atoms with Crippen molar-refractivity contribution in [1.82, 2.24) is 0 Å². The van der Waals surface area contributed by atoms with E-state index in [9.17, 15) is 0 Å². The van der Waals surface area contributed by atoms with Crippen LogP contribution >= 0.6 is 0 Å². The minimum Gasteiger partial charge on any atom is -0.359 e. The van der Waals surface area contributed by atoms with Gasteiger partial charge in [-0.15, -0.1) is 0 Å². The molecule has 1 nitrogen and oxygen atoms in total. The Bertz CT molecular complexity index is 496. The summed E-state index contributed by atoms with van der Waals surface area (Å²) in [5.74, 6) is 0. The Morgan fingerprint density at radius 3 is 2.42 bits per heavy atom. The van der Waals surface area contributed by atoms with E-state index in [0.29, 0.717) is 0 Å². The first-order valence-electron chi connectivity index (χ1n) is 7.23. The van der Waals surface area contributed by atoms with Gasteiger partial charge >= 0.3 is 0 Å². The lowest BCUT2D eigenvalue weighted by Gasteiger charge is -2.30. The summed E-state index contributed by atoms with van der Waals surface area (Å²) < 4.78 is 0. The number of hydrogen-bond acceptors (Lipinski definition) is 1. The van der Waals surface area contributed by atoms with Crippen LogP contribution in [0.25, 0.3) is 0 Å². The largest absolute Gasteiger partial charge is 0.359 e. The second-order valence-electron chi connectivity index (χ2n) is 5.21. The van der Waals surface area contributed by atoms with Crippen LogP contribution in [0.2, 0.25) is 0 Å². The van der Waals surface area contributed by atoms with Crippen molar-refractivity contribution >= 4 is 5.69 Å². The second kappa shape index (κ2) is 6.10. The summed E-state index contributed by atoms with van der Waals surface area (Å²) in [6, 6.07) is 6.61. The standard InChI is InChI=1S/C16H21N.C2H6/c1-6-16(5)12(3)10-13(4)17-15-8-7-11(2)9-14(15)16;1-2/h7-10,17H,3,6H2,1-2,4-5H3;1-2H3. The van der Waals surface area contributed by atoms with E-state index < -0.39 is 0 Å². The molecule has 0 saturated carbocycles. The van der Waals surface area contributed by atoms with E-state index in [4.69, 9.17) is 0 Å². The number of anilines is 1. The van der Waals surface area contributed by atoms with Crippen molar-refractivity contribution < 1.29 is 0 Å². The zero-order valence-electron chi connectivity index (χ0n) is 13.2. The number of aryl methyl sites for hydroxylation is 1. The summed E-state index contributed by atoms with van der Waals surface area (Å²) in [5.41, 5.74) is 6.27. The van der Waals surface area contributed by atoms with Gasteiger partial charge in [-0.1, -0.05) is 52.0 Å². The lowest BCUT2D eigenvalue weighted by molar-refractivity contribution is 0.553. The first-order chi connectivity index (χ1) is 8.97. The normalized spacial score (nSPS) is 21.4. The first kappa shape index (κ1) is 15.6. The Hall–Kier alpha value is -1.50. The summed E-state index contributed by atoms with van der Waals surface area (Å²) >= 11 is 0. The van der Waals surface area contributed by atoms with Gasteiger partial charge in [0.25, 0.3) is 0 Å². The molecule has 0 radical (unpaired) electrons. The summed E-state index contributed by atoms with van der Waals surface area (Å²) in [6.07, 6.45) is 3.23. The van der Waals surface area contributed by atoms with Gasteiger partial charge in [0, 0.05) is 16.8 Å². The molecule has 0 bridgehead atoms. The zero-order chi connectivity index (χ0) is 14.6. The highest BCUT2D eigenvalue weighted by Gasteiger charge is 2.31. The van der Waals surface area contributed by atoms with Crippen molar-refractivity contribution in [3.05, 3.63) is 53.3 Å². The van der Waals surface area contributed by atoms with E-state index in [-0.39, 0.29) is 5.41 Å². The maximum atomic E-state index is 4.26. The maximum Gasteiger partial charge on any atom is 0.0423 e. The van der Waals surface area contributed by atoms with Crippen molar-refractivity contribution in [1.29, 1.82) is 0 Å². The molecule has 1 aromatic carbocycles. The molecular formula is C18H27N. The molecule has 1 heteroatoms. The number of allylic oxidation sites excluding steroid dienone is 3. The van der Waals surface area contributed by atoms with E-state index in [1.165, 1.54) is 22.4 Å². The van der Waals surface area contributed by atoms with Crippen LogP contribution in [0.3, 0.4) is 0 Å². The SMILES string of the molecule is C=C1C=C(C)Nc2ccc(C)cc2C1(C)CC.CC.